The third kappa shape index (κ3) is 4.47. The molecule has 7 aromatic carbocycles. The van der Waals surface area contributed by atoms with E-state index in [-0.39, 0.29) is 0 Å². The number of hydrogen-bond donors (Lipinski definition) is 0. The van der Waals surface area contributed by atoms with Gasteiger partial charge in [-0.25, -0.2) is 4.98 Å². The largest absolute Gasteiger partial charge is 0.292 e. The van der Waals surface area contributed by atoms with Gasteiger partial charge in [-0.05, 0) is 48.5 Å². The van der Waals surface area contributed by atoms with E-state index < -0.39 is 0 Å². The van der Waals surface area contributed by atoms with E-state index in [1.165, 1.54) is 0 Å². The Hall–Kier alpha value is -7.38. The first-order valence-corrected chi connectivity index (χ1v) is 17.7. The maximum atomic E-state index is 5.36. The van der Waals surface area contributed by atoms with Crippen molar-refractivity contribution in [2.45, 2.75) is 0 Å². The molecule has 0 bridgehead atoms. The lowest BCUT2D eigenvalue weighted by molar-refractivity contribution is 0.891. The predicted molar refractivity (Wildman–Crippen MR) is 214 cm³/mol. The highest BCUT2D eigenvalue weighted by molar-refractivity contribution is 6.10. The zero-order chi connectivity index (χ0) is 34.9. The lowest BCUT2D eigenvalue weighted by Gasteiger charge is -2.16. The SMILES string of the molecule is c1ccc(-c2nc3ccccc3n2-c2ccccc2-c2nc(-n3c4ccccc4c4ccccc43)nc(-n3c4ccccc4c4ccccc43)n2)cc1. The number of fused-ring (bicyclic) bond motifs is 7. The molecule has 11 rings (SSSR count). The topological polar surface area (TPSA) is 66.3 Å². The predicted octanol–water partition coefficient (Wildman–Crippen LogP) is 10.7. The van der Waals surface area contributed by atoms with Crippen LogP contribution in [0.3, 0.4) is 0 Å². The summed E-state index contributed by atoms with van der Waals surface area (Å²) in [6.07, 6.45) is 0. The highest BCUT2D eigenvalue weighted by atomic mass is 15.3. The molecule has 0 aliphatic heterocycles. The third-order valence-corrected chi connectivity index (χ3v) is 10.2. The zero-order valence-corrected chi connectivity index (χ0v) is 28.4. The van der Waals surface area contributed by atoms with Crippen molar-refractivity contribution in [3.63, 3.8) is 0 Å². The number of aromatic nitrogens is 7. The molecule has 0 atom stereocenters. The molecule has 4 aromatic heterocycles. The summed E-state index contributed by atoms with van der Waals surface area (Å²) in [5.41, 5.74) is 8.82. The highest BCUT2D eigenvalue weighted by Crippen LogP contribution is 2.37. The molecule has 0 radical (unpaired) electrons. The fourth-order valence-corrected chi connectivity index (χ4v) is 7.86. The van der Waals surface area contributed by atoms with Gasteiger partial charge in [0.25, 0.3) is 0 Å². The maximum Gasteiger partial charge on any atom is 0.240 e. The van der Waals surface area contributed by atoms with Crippen LogP contribution < -0.4 is 0 Å². The molecule has 0 amide bonds. The summed E-state index contributed by atoms with van der Waals surface area (Å²) in [7, 11) is 0. The quantitative estimate of drug-likeness (QED) is 0.182. The van der Waals surface area contributed by atoms with Gasteiger partial charge >= 0.3 is 0 Å². The van der Waals surface area contributed by atoms with Crippen molar-refractivity contribution in [1.82, 2.24) is 33.6 Å². The molecule has 0 spiro atoms. The normalized spacial score (nSPS) is 11.8. The van der Waals surface area contributed by atoms with Gasteiger partial charge in [-0.3, -0.25) is 13.7 Å². The second-order valence-corrected chi connectivity index (χ2v) is 13.1. The molecular formula is C46H29N7. The van der Waals surface area contributed by atoms with E-state index in [1.807, 2.05) is 30.3 Å². The molecule has 7 heteroatoms. The smallest absolute Gasteiger partial charge is 0.240 e. The van der Waals surface area contributed by atoms with Gasteiger partial charge in [0.05, 0.1) is 38.8 Å². The number of rotatable bonds is 5. The third-order valence-electron chi connectivity index (χ3n) is 10.2. The van der Waals surface area contributed by atoms with Gasteiger partial charge in [-0.15, -0.1) is 0 Å². The maximum absolute atomic E-state index is 5.36. The monoisotopic (exact) mass is 679 g/mol. The summed E-state index contributed by atoms with van der Waals surface area (Å²) >= 11 is 0. The summed E-state index contributed by atoms with van der Waals surface area (Å²) in [6, 6.07) is 60.7. The van der Waals surface area contributed by atoms with Gasteiger partial charge < -0.3 is 0 Å². The standard InChI is InChI=1S/C46H29N7/c1-2-16-30(17-3-1)44-47-36-23-9-15-29-42(36)51(44)41-28-14-8-22-35(41)43-48-45(52-37-24-10-4-18-31(37)32-19-5-11-25-38(32)52)50-46(49-43)53-39-26-12-6-20-33(39)34-21-7-13-27-40(34)53/h1-29H. The van der Waals surface area contributed by atoms with E-state index in [1.54, 1.807) is 0 Å². The van der Waals surface area contributed by atoms with Crippen LogP contribution in [0.2, 0.25) is 0 Å². The van der Waals surface area contributed by atoms with Crippen molar-refractivity contribution in [2.24, 2.45) is 0 Å². The van der Waals surface area contributed by atoms with Crippen LogP contribution in [0.15, 0.2) is 176 Å². The summed E-state index contributed by atoms with van der Waals surface area (Å²) in [5, 5.41) is 4.56. The van der Waals surface area contributed by atoms with Gasteiger partial charge in [0.1, 0.15) is 5.82 Å². The average molecular weight is 680 g/mol. The van der Waals surface area contributed by atoms with Crippen LogP contribution in [0, 0.1) is 0 Å². The number of benzene rings is 7. The molecule has 11 aromatic rings. The van der Waals surface area contributed by atoms with Crippen LogP contribution in [0.4, 0.5) is 0 Å². The van der Waals surface area contributed by atoms with Crippen LogP contribution in [-0.4, -0.2) is 33.6 Å². The molecule has 0 saturated heterocycles. The number of hydrogen-bond acceptors (Lipinski definition) is 4. The van der Waals surface area contributed by atoms with Gasteiger partial charge in [-0.2, -0.15) is 15.0 Å². The number of imidazole rings is 1. The van der Waals surface area contributed by atoms with Crippen molar-refractivity contribution in [3.05, 3.63) is 176 Å². The van der Waals surface area contributed by atoms with E-state index >= 15 is 0 Å². The Labute approximate surface area is 303 Å². The molecule has 0 N–H and O–H groups in total. The van der Waals surface area contributed by atoms with Gasteiger partial charge in [0.15, 0.2) is 5.82 Å². The van der Waals surface area contributed by atoms with Crippen molar-refractivity contribution >= 4 is 54.6 Å². The Morgan fingerprint density at radius 3 is 1.30 bits per heavy atom. The molecule has 0 aliphatic carbocycles. The number of para-hydroxylation sites is 7. The fraction of sp³-hybridized carbons (Fsp3) is 0. The summed E-state index contributed by atoms with van der Waals surface area (Å²) in [5.74, 6) is 2.48. The first-order valence-electron chi connectivity index (χ1n) is 17.7. The molecule has 0 saturated carbocycles. The van der Waals surface area contributed by atoms with Crippen LogP contribution in [-0.2, 0) is 0 Å². The lowest BCUT2D eigenvalue weighted by Crippen LogP contribution is -2.11. The molecule has 248 valence electrons. The minimum Gasteiger partial charge on any atom is -0.292 e. The van der Waals surface area contributed by atoms with E-state index in [0.717, 1.165) is 77.3 Å². The van der Waals surface area contributed by atoms with Crippen molar-refractivity contribution in [3.8, 4) is 40.4 Å². The Morgan fingerprint density at radius 1 is 0.321 bits per heavy atom. The van der Waals surface area contributed by atoms with Gasteiger partial charge in [0.2, 0.25) is 11.9 Å². The molecule has 53 heavy (non-hydrogen) atoms. The summed E-state index contributed by atoms with van der Waals surface area (Å²) in [6.45, 7) is 0. The van der Waals surface area contributed by atoms with E-state index in [2.05, 4.69) is 159 Å². The summed E-state index contributed by atoms with van der Waals surface area (Å²) < 4.78 is 6.56. The van der Waals surface area contributed by atoms with Crippen molar-refractivity contribution < 1.29 is 0 Å². The summed E-state index contributed by atoms with van der Waals surface area (Å²) in [4.78, 5) is 21.2. The van der Waals surface area contributed by atoms with Gasteiger partial charge in [0, 0.05) is 32.7 Å². The molecule has 4 heterocycles. The Bertz CT molecular complexity index is 2950. The van der Waals surface area contributed by atoms with Crippen molar-refractivity contribution in [2.75, 3.05) is 0 Å². The second kappa shape index (κ2) is 11.6. The number of nitrogens with zero attached hydrogens (tertiary/aromatic N) is 7. The highest BCUT2D eigenvalue weighted by Gasteiger charge is 2.23. The first kappa shape index (κ1) is 29.4. The Kier molecular flexibility index (Phi) is 6.42. The molecule has 7 nitrogen and oxygen atoms in total. The van der Waals surface area contributed by atoms with E-state index in [9.17, 15) is 0 Å². The van der Waals surface area contributed by atoms with E-state index in [0.29, 0.717) is 17.7 Å². The molecular weight excluding hydrogens is 651 g/mol. The minimum atomic E-state index is 0.540. The lowest BCUT2D eigenvalue weighted by atomic mass is 10.1. The van der Waals surface area contributed by atoms with Gasteiger partial charge in [-0.1, -0.05) is 127 Å². The van der Waals surface area contributed by atoms with Crippen LogP contribution in [0.25, 0.3) is 95.0 Å². The van der Waals surface area contributed by atoms with Crippen LogP contribution >= 0.6 is 0 Å². The van der Waals surface area contributed by atoms with Crippen LogP contribution in [0.5, 0.6) is 0 Å². The molecule has 0 fully saturated rings. The average Bonchev–Trinajstić information content (AvgIpc) is 3.89. The van der Waals surface area contributed by atoms with Crippen LogP contribution in [0.1, 0.15) is 0 Å². The van der Waals surface area contributed by atoms with E-state index in [4.69, 9.17) is 19.9 Å². The second-order valence-electron chi connectivity index (χ2n) is 13.1. The Morgan fingerprint density at radius 2 is 0.755 bits per heavy atom. The Balaban J connectivity index is 1.25. The zero-order valence-electron chi connectivity index (χ0n) is 28.4. The fourth-order valence-electron chi connectivity index (χ4n) is 7.86. The van der Waals surface area contributed by atoms with Crippen molar-refractivity contribution in [1.29, 1.82) is 0 Å². The minimum absolute atomic E-state index is 0.540. The first-order chi connectivity index (χ1) is 26.3. The molecule has 0 unspecified atom stereocenters. The molecule has 0 aliphatic rings.